The highest BCUT2D eigenvalue weighted by atomic mass is 35.5. The van der Waals surface area contributed by atoms with E-state index in [0.29, 0.717) is 17.4 Å². The van der Waals surface area contributed by atoms with Crippen LogP contribution in [0.15, 0.2) is 36.7 Å². The third-order valence-electron chi connectivity index (χ3n) is 3.34. The number of hydrogen-bond donors (Lipinski definition) is 1. The van der Waals surface area contributed by atoms with Crippen molar-refractivity contribution in [2.24, 2.45) is 5.73 Å². The minimum absolute atomic E-state index is 0.172. The molecule has 0 radical (unpaired) electrons. The van der Waals surface area contributed by atoms with E-state index >= 15 is 0 Å². The first-order chi connectivity index (χ1) is 10.1. The molecular weight excluding hydrogens is 284 g/mol. The van der Waals surface area contributed by atoms with E-state index in [1.807, 2.05) is 31.3 Å². The maximum atomic E-state index is 6.27. The fourth-order valence-electron chi connectivity index (χ4n) is 2.09. The molecule has 1 heterocycles. The average molecular weight is 305 g/mol. The average Bonchev–Trinajstić information content (AvgIpc) is 2.46. The van der Waals surface area contributed by atoms with Crippen LogP contribution >= 0.6 is 11.6 Å². The van der Waals surface area contributed by atoms with Crippen LogP contribution in [-0.2, 0) is 13.0 Å². The summed E-state index contributed by atoms with van der Waals surface area (Å²) in [6.07, 6.45) is 5.41. The molecule has 3 nitrogen and oxygen atoms in total. The van der Waals surface area contributed by atoms with Crippen molar-refractivity contribution in [2.45, 2.75) is 39.3 Å². The molecule has 1 atom stereocenters. The number of nitrogens with two attached hydrogens (primary N) is 1. The molecule has 4 heteroatoms. The summed E-state index contributed by atoms with van der Waals surface area (Å²) in [6.45, 7) is 4.55. The molecule has 1 aromatic heterocycles. The second kappa shape index (κ2) is 7.43. The Labute approximate surface area is 131 Å². The first kappa shape index (κ1) is 15.8. The van der Waals surface area contributed by atoms with Crippen molar-refractivity contribution < 1.29 is 4.74 Å². The van der Waals surface area contributed by atoms with E-state index in [4.69, 9.17) is 22.1 Å². The Morgan fingerprint density at radius 3 is 2.71 bits per heavy atom. The van der Waals surface area contributed by atoms with Gasteiger partial charge in [-0.1, -0.05) is 24.6 Å². The van der Waals surface area contributed by atoms with Crippen LogP contribution in [0.1, 0.15) is 30.0 Å². The third-order valence-corrected chi connectivity index (χ3v) is 3.64. The van der Waals surface area contributed by atoms with Crippen molar-refractivity contribution in [1.29, 1.82) is 0 Å². The zero-order valence-corrected chi connectivity index (χ0v) is 13.2. The van der Waals surface area contributed by atoms with Gasteiger partial charge in [0, 0.05) is 24.0 Å². The lowest BCUT2D eigenvalue weighted by molar-refractivity contribution is 0.306. The maximum Gasteiger partial charge on any atom is 0.138 e. The van der Waals surface area contributed by atoms with Gasteiger partial charge in [0.2, 0.25) is 0 Å². The summed E-state index contributed by atoms with van der Waals surface area (Å²) < 4.78 is 5.76. The van der Waals surface area contributed by atoms with E-state index < -0.39 is 0 Å². The number of ether oxygens (including phenoxy) is 1. The van der Waals surface area contributed by atoms with Crippen molar-refractivity contribution in [3.05, 3.63) is 58.4 Å². The topological polar surface area (TPSA) is 48.1 Å². The summed E-state index contributed by atoms with van der Waals surface area (Å²) in [5, 5.41) is 0.622. The monoisotopic (exact) mass is 304 g/mol. The van der Waals surface area contributed by atoms with Gasteiger partial charge in [-0.3, -0.25) is 4.98 Å². The molecule has 0 aliphatic heterocycles. The van der Waals surface area contributed by atoms with E-state index in [1.165, 1.54) is 0 Å². The summed E-state index contributed by atoms with van der Waals surface area (Å²) in [7, 11) is 0. The molecule has 112 valence electrons. The number of benzene rings is 1. The molecule has 2 N–H and O–H groups in total. The molecule has 2 rings (SSSR count). The molecule has 21 heavy (non-hydrogen) atoms. The molecule has 0 bridgehead atoms. The number of aryl methyl sites for hydroxylation is 1. The van der Waals surface area contributed by atoms with Crippen LogP contribution in [-0.4, -0.2) is 11.0 Å². The Kier molecular flexibility index (Phi) is 5.59. The van der Waals surface area contributed by atoms with Gasteiger partial charge < -0.3 is 10.5 Å². The summed E-state index contributed by atoms with van der Waals surface area (Å²) in [4.78, 5) is 4.15. The van der Waals surface area contributed by atoms with Crippen LogP contribution in [0.2, 0.25) is 5.02 Å². The first-order valence-electron chi connectivity index (χ1n) is 7.15. The van der Waals surface area contributed by atoms with Crippen LogP contribution in [0.4, 0.5) is 0 Å². The highest BCUT2D eigenvalue weighted by Gasteiger charge is 2.07. The number of nitrogens with zero attached hydrogens (tertiary/aromatic N) is 1. The highest BCUT2D eigenvalue weighted by Crippen LogP contribution is 2.26. The van der Waals surface area contributed by atoms with E-state index in [-0.39, 0.29) is 6.04 Å². The minimum atomic E-state index is 0.172. The molecule has 0 fully saturated rings. The SMILES string of the molecule is CCC(N)Cc1ccc(OCc2cncc(C)c2)c(Cl)c1. The lowest BCUT2D eigenvalue weighted by Gasteiger charge is -2.12. The maximum absolute atomic E-state index is 6.27. The van der Waals surface area contributed by atoms with Gasteiger partial charge in [0.25, 0.3) is 0 Å². The van der Waals surface area contributed by atoms with Crippen molar-refractivity contribution >= 4 is 11.6 Å². The molecular formula is C17H21ClN2O. The Morgan fingerprint density at radius 2 is 2.05 bits per heavy atom. The van der Waals surface area contributed by atoms with Crippen LogP contribution in [0, 0.1) is 6.92 Å². The van der Waals surface area contributed by atoms with Crippen molar-refractivity contribution in [3.8, 4) is 5.75 Å². The summed E-state index contributed by atoms with van der Waals surface area (Å²) in [5.74, 6) is 0.687. The van der Waals surface area contributed by atoms with Gasteiger partial charge in [-0.15, -0.1) is 0 Å². The fraction of sp³-hybridized carbons (Fsp3) is 0.353. The Balaban J connectivity index is 2.01. The smallest absolute Gasteiger partial charge is 0.138 e. The van der Waals surface area contributed by atoms with Gasteiger partial charge in [-0.25, -0.2) is 0 Å². The zero-order chi connectivity index (χ0) is 15.2. The molecule has 1 aromatic carbocycles. The molecule has 0 aliphatic rings. The zero-order valence-electron chi connectivity index (χ0n) is 12.5. The van der Waals surface area contributed by atoms with Gasteiger partial charge in [-0.2, -0.15) is 0 Å². The normalized spacial score (nSPS) is 12.2. The van der Waals surface area contributed by atoms with Crippen molar-refractivity contribution in [3.63, 3.8) is 0 Å². The fourth-order valence-corrected chi connectivity index (χ4v) is 2.35. The van der Waals surface area contributed by atoms with E-state index in [9.17, 15) is 0 Å². The lowest BCUT2D eigenvalue weighted by Crippen LogP contribution is -2.21. The first-order valence-corrected chi connectivity index (χ1v) is 7.53. The molecule has 0 saturated carbocycles. The molecule has 2 aromatic rings. The number of halogens is 1. The number of rotatable bonds is 6. The molecule has 0 amide bonds. The van der Waals surface area contributed by atoms with Gasteiger partial charge >= 0.3 is 0 Å². The lowest BCUT2D eigenvalue weighted by atomic mass is 10.0. The molecule has 0 spiro atoms. The van der Waals surface area contributed by atoms with Crippen LogP contribution in [0.5, 0.6) is 5.75 Å². The molecule has 0 aliphatic carbocycles. The summed E-state index contributed by atoms with van der Waals surface area (Å²) in [6, 6.07) is 8.08. The van der Waals surface area contributed by atoms with E-state index in [2.05, 4.69) is 18.0 Å². The molecule has 0 saturated heterocycles. The van der Waals surface area contributed by atoms with Gasteiger partial charge in [-0.05, 0) is 49.1 Å². The van der Waals surface area contributed by atoms with Gasteiger partial charge in [0.05, 0.1) is 5.02 Å². The minimum Gasteiger partial charge on any atom is -0.487 e. The number of aromatic nitrogens is 1. The summed E-state index contributed by atoms with van der Waals surface area (Å²) >= 11 is 6.27. The van der Waals surface area contributed by atoms with Crippen LogP contribution < -0.4 is 10.5 Å². The van der Waals surface area contributed by atoms with Crippen molar-refractivity contribution in [2.75, 3.05) is 0 Å². The Bertz CT molecular complexity index is 601. The Morgan fingerprint density at radius 1 is 1.24 bits per heavy atom. The quantitative estimate of drug-likeness (QED) is 0.880. The van der Waals surface area contributed by atoms with Crippen LogP contribution in [0.25, 0.3) is 0 Å². The van der Waals surface area contributed by atoms with E-state index in [1.54, 1.807) is 6.20 Å². The molecule has 1 unspecified atom stereocenters. The largest absolute Gasteiger partial charge is 0.487 e. The Hall–Kier alpha value is -1.58. The predicted octanol–water partition coefficient (Wildman–Crippen LogP) is 3.90. The van der Waals surface area contributed by atoms with E-state index in [0.717, 1.165) is 29.5 Å². The summed E-state index contributed by atoms with van der Waals surface area (Å²) in [5.41, 5.74) is 9.25. The van der Waals surface area contributed by atoms with Gasteiger partial charge in [0.15, 0.2) is 0 Å². The van der Waals surface area contributed by atoms with Crippen molar-refractivity contribution in [1.82, 2.24) is 4.98 Å². The van der Waals surface area contributed by atoms with Crippen LogP contribution in [0.3, 0.4) is 0 Å². The highest BCUT2D eigenvalue weighted by molar-refractivity contribution is 6.32. The predicted molar refractivity (Wildman–Crippen MR) is 86.7 cm³/mol. The standard InChI is InChI=1S/C17H21ClN2O/c1-3-15(19)7-13-4-5-17(16(18)8-13)21-11-14-6-12(2)9-20-10-14/h4-6,8-10,15H,3,7,11,19H2,1-2H3. The number of pyridine rings is 1. The van der Waals surface area contributed by atoms with Gasteiger partial charge in [0.1, 0.15) is 12.4 Å². The second-order valence-electron chi connectivity index (χ2n) is 5.30. The second-order valence-corrected chi connectivity index (χ2v) is 5.70. The number of hydrogen-bond acceptors (Lipinski definition) is 3. The third kappa shape index (κ3) is 4.73.